The first-order valence-electron chi connectivity index (χ1n) is 8.60. The Bertz CT molecular complexity index is 1130. The fourth-order valence-corrected chi connectivity index (χ4v) is 3.52. The van der Waals surface area contributed by atoms with Gasteiger partial charge >= 0.3 is 5.69 Å². The summed E-state index contributed by atoms with van der Waals surface area (Å²) in [5.74, 6) is -0.529. The van der Waals surface area contributed by atoms with Gasteiger partial charge in [-0.15, -0.1) is 0 Å². The molecule has 2 aromatic carbocycles. The van der Waals surface area contributed by atoms with Crippen molar-refractivity contribution in [2.24, 2.45) is 0 Å². The molecule has 0 amide bonds. The summed E-state index contributed by atoms with van der Waals surface area (Å²) in [6.07, 6.45) is 0.980. The first-order valence-corrected chi connectivity index (χ1v) is 8.60. The number of rotatable bonds is 2. The van der Waals surface area contributed by atoms with Gasteiger partial charge in [0.15, 0.2) is 0 Å². The lowest BCUT2D eigenvalue weighted by atomic mass is 9.96. The van der Waals surface area contributed by atoms with Gasteiger partial charge in [-0.1, -0.05) is 12.1 Å². The molecule has 1 aliphatic rings. The molecule has 7 heteroatoms. The second kappa shape index (κ2) is 6.50. The van der Waals surface area contributed by atoms with Crippen molar-refractivity contribution < 1.29 is 8.78 Å². The van der Waals surface area contributed by atoms with E-state index < -0.39 is 17.1 Å². The number of hydrogen-bond acceptors (Lipinski definition) is 3. The number of hydrogen-bond donors (Lipinski definition) is 2. The molecule has 0 radical (unpaired) electrons. The molecule has 0 unspecified atom stereocenters. The zero-order valence-electron chi connectivity index (χ0n) is 14.6. The molecular weight excluding hydrogens is 352 g/mol. The van der Waals surface area contributed by atoms with Crippen LogP contribution in [0.1, 0.15) is 29.2 Å². The normalized spacial score (nSPS) is 15.9. The number of nitrogens with one attached hydrogen (secondary N) is 2. The molecule has 3 aromatic rings. The van der Waals surface area contributed by atoms with Gasteiger partial charge in [-0.05, 0) is 61.2 Å². The summed E-state index contributed by atoms with van der Waals surface area (Å²) in [5.41, 5.74) is 0.822. The van der Waals surface area contributed by atoms with Gasteiger partial charge in [-0.2, -0.15) is 0 Å². The summed E-state index contributed by atoms with van der Waals surface area (Å²) in [7, 11) is 0. The molecule has 0 aliphatic carbocycles. The minimum Gasteiger partial charge on any atom is -0.364 e. The van der Waals surface area contributed by atoms with Crippen LogP contribution in [0.2, 0.25) is 0 Å². The van der Waals surface area contributed by atoms with Crippen LogP contribution in [0, 0.1) is 18.6 Å². The maximum Gasteiger partial charge on any atom is 0.334 e. The summed E-state index contributed by atoms with van der Waals surface area (Å²) in [4.78, 5) is 28.1. The maximum absolute atomic E-state index is 13.7. The zero-order valence-corrected chi connectivity index (χ0v) is 14.6. The molecule has 27 heavy (non-hydrogen) atoms. The summed E-state index contributed by atoms with van der Waals surface area (Å²) in [6, 6.07) is 10.1. The van der Waals surface area contributed by atoms with Crippen molar-refractivity contribution in [3.8, 4) is 5.69 Å². The molecule has 0 bridgehead atoms. The Morgan fingerprint density at radius 3 is 2.63 bits per heavy atom. The largest absolute Gasteiger partial charge is 0.364 e. The van der Waals surface area contributed by atoms with Crippen LogP contribution < -0.4 is 16.6 Å². The molecule has 0 saturated carbocycles. The fourth-order valence-electron chi connectivity index (χ4n) is 3.52. The molecule has 2 N–H and O–H groups in total. The number of H-pyrrole nitrogens is 1. The minimum atomic E-state index is -0.656. The van der Waals surface area contributed by atoms with E-state index in [4.69, 9.17) is 0 Å². The van der Waals surface area contributed by atoms with Crippen LogP contribution in [0.3, 0.4) is 0 Å². The van der Waals surface area contributed by atoms with Crippen molar-refractivity contribution in [2.75, 3.05) is 5.32 Å². The Labute approximate surface area is 153 Å². The number of aryl methyl sites for hydroxylation is 1. The third-order valence-electron chi connectivity index (χ3n) is 4.74. The zero-order chi connectivity index (χ0) is 19.1. The summed E-state index contributed by atoms with van der Waals surface area (Å²) in [6.45, 7) is 1.69. The second-order valence-electron chi connectivity index (χ2n) is 6.70. The van der Waals surface area contributed by atoms with Crippen LogP contribution in [0.4, 0.5) is 14.6 Å². The lowest BCUT2D eigenvalue weighted by Gasteiger charge is -2.27. The quantitative estimate of drug-likeness (QED) is 0.729. The number of aromatic amines is 1. The van der Waals surface area contributed by atoms with E-state index in [9.17, 15) is 18.4 Å². The molecule has 5 nitrogen and oxygen atoms in total. The van der Waals surface area contributed by atoms with Gasteiger partial charge in [0.05, 0.1) is 17.3 Å². The highest BCUT2D eigenvalue weighted by Gasteiger charge is 2.24. The van der Waals surface area contributed by atoms with E-state index in [1.54, 1.807) is 25.1 Å². The number of benzene rings is 2. The molecule has 1 aliphatic heterocycles. The maximum atomic E-state index is 13.7. The number of anilines is 1. The molecular formula is C20H17F2N3O2. The summed E-state index contributed by atoms with van der Waals surface area (Å²) >= 11 is 0. The highest BCUT2D eigenvalue weighted by molar-refractivity contribution is 5.49. The third kappa shape index (κ3) is 3.16. The van der Waals surface area contributed by atoms with E-state index in [0.29, 0.717) is 29.8 Å². The van der Waals surface area contributed by atoms with Gasteiger partial charge in [0, 0.05) is 0 Å². The molecule has 2 heterocycles. The molecule has 0 saturated heterocycles. The van der Waals surface area contributed by atoms with E-state index in [2.05, 4.69) is 10.3 Å². The molecule has 138 valence electrons. The van der Waals surface area contributed by atoms with Crippen molar-refractivity contribution in [2.45, 2.75) is 25.8 Å². The van der Waals surface area contributed by atoms with Gasteiger partial charge < -0.3 is 5.32 Å². The van der Waals surface area contributed by atoms with E-state index >= 15 is 0 Å². The van der Waals surface area contributed by atoms with Crippen LogP contribution in [0.15, 0.2) is 52.1 Å². The van der Waals surface area contributed by atoms with Gasteiger partial charge in [-0.25, -0.2) is 18.1 Å². The standard InChI is InChI=1S/C20H17F2N3O2/c1-11-7-14(22)10-15(8-11)25-19(26)16-5-6-17(23-18(16)24-20(25)27)12-3-2-4-13(21)9-12/h2-4,7-10,17,23H,5-6H2,1H3,(H,24,27)/t17-/m1/s1. The lowest BCUT2D eigenvalue weighted by Crippen LogP contribution is -2.39. The molecule has 0 fully saturated rings. The van der Waals surface area contributed by atoms with Crippen molar-refractivity contribution in [3.63, 3.8) is 0 Å². The first kappa shape index (κ1) is 17.2. The SMILES string of the molecule is Cc1cc(F)cc(-n2c(=O)[nH]c3c(c2=O)CC[C@H](c2cccc(F)c2)N3)c1. The second-order valence-corrected chi connectivity index (χ2v) is 6.70. The lowest BCUT2D eigenvalue weighted by molar-refractivity contribution is 0.608. The van der Waals surface area contributed by atoms with E-state index in [-0.39, 0.29) is 17.5 Å². The van der Waals surface area contributed by atoms with Crippen LogP contribution >= 0.6 is 0 Å². The third-order valence-corrected chi connectivity index (χ3v) is 4.74. The Balaban J connectivity index is 1.77. The van der Waals surface area contributed by atoms with Crippen molar-refractivity contribution in [1.29, 1.82) is 0 Å². The Kier molecular flexibility index (Phi) is 4.14. The number of halogens is 2. The molecule has 1 aromatic heterocycles. The van der Waals surface area contributed by atoms with Gasteiger partial charge in [0.25, 0.3) is 5.56 Å². The minimum absolute atomic E-state index is 0.189. The predicted molar refractivity (Wildman–Crippen MR) is 98.4 cm³/mol. The molecule has 4 rings (SSSR count). The van der Waals surface area contributed by atoms with Crippen molar-refractivity contribution in [3.05, 3.63) is 91.6 Å². The average Bonchev–Trinajstić information content (AvgIpc) is 2.60. The highest BCUT2D eigenvalue weighted by Crippen LogP contribution is 2.29. The topological polar surface area (TPSA) is 66.9 Å². The van der Waals surface area contributed by atoms with Gasteiger partial charge in [-0.3, -0.25) is 9.78 Å². The van der Waals surface area contributed by atoms with E-state index in [1.807, 2.05) is 0 Å². The number of fused-ring (bicyclic) bond motifs is 1. The Hall–Kier alpha value is -3.22. The highest BCUT2D eigenvalue weighted by atomic mass is 19.1. The van der Waals surface area contributed by atoms with Crippen LogP contribution in [-0.4, -0.2) is 9.55 Å². The Morgan fingerprint density at radius 1 is 1.07 bits per heavy atom. The smallest absolute Gasteiger partial charge is 0.334 e. The van der Waals surface area contributed by atoms with Gasteiger partial charge in [0.1, 0.15) is 17.5 Å². The van der Waals surface area contributed by atoms with Crippen LogP contribution in [0.5, 0.6) is 0 Å². The monoisotopic (exact) mass is 369 g/mol. The van der Waals surface area contributed by atoms with Gasteiger partial charge in [0.2, 0.25) is 0 Å². The van der Waals surface area contributed by atoms with E-state index in [0.717, 1.165) is 16.2 Å². The summed E-state index contributed by atoms with van der Waals surface area (Å²) < 4.78 is 28.1. The van der Waals surface area contributed by atoms with Crippen LogP contribution in [-0.2, 0) is 6.42 Å². The number of aromatic nitrogens is 2. The van der Waals surface area contributed by atoms with Crippen molar-refractivity contribution in [1.82, 2.24) is 9.55 Å². The van der Waals surface area contributed by atoms with Crippen LogP contribution in [0.25, 0.3) is 5.69 Å². The Morgan fingerprint density at radius 2 is 1.89 bits per heavy atom. The molecule has 1 atom stereocenters. The summed E-state index contributed by atoms with van der Waals surface area (Å²) in [5, 5.41) is 3.11. The predicted octanol–water partition coefficient (Wildman–Crippen LogP) is 3.21. The average molecular weight is 369 g/mol. The first-order chi connectivity index (χ1) is 12.9. The number of nitrogens with zero attached hydrogens (tertiary/aromatic N) is 1. The fraction of sp³-hybridized carbons (Fsp3) is 0.200. The molecule has 0 spiro atoms. The van der Waals surface area contributed by atoms with E-state index in [1.165, 1.54) is 18.2 Å². The van der Waals surface area contributed by atoms with Crippen molar-refractivity contribution >= 4 is 5.82 Å².